The second kappa shape index (κ2) is 11.0. The number of fused-ring (bicyclic) bond motifs is 1. The van der Waals surface area contributed by atoms with Gasteiger partial charge in [-0.1, -0.05) is 31.4 Å². The van der Waals surface area contributed by atoms with Gasteiger partial charge in [0.05, 0.1) is 0 Å². The van der Waals surface area contributed by atoms with Crippen molar-refractivity contribution in [3.8, 4) is 5.75 Å². The molecule has 0 saturated heterocycles. The topological polar surface area (TPSA) is 87.7 Å². The first-order valence-corrected chi connectivity index (χ1v) is 11.7. The summed E-state index contributed by atoms with van der Waals surface area (Å²) in [5.41, 5.74) is 1.92. The van der Waals surface area contributed by atoms with E-state index < -0.39 is 17.3 Å². The Bertz CT molecular complexity index is 756. The number of carbonyl (C=O) groups is 2. The van der Waals surface area contributed by atoms with Crippen molar-refractivity contribution in [1.82, 2.24) is 5.32 Å². The summed E-state index contributed by atoms with van der Waals surface area (Å²) in [5.74, 6) is -0.740. The number of hydrogen-bond acceptors (Lipinski definition) is 5. The van der Waals surface area contributed by atoms with E-state index in [1.807, 2.05) is 6.07 Å². The molecule has 1 amide bonds. The van der Waals surface area contributed by atoms with Crippen molar-refractivity contribution in [2.45, 2.75) is 77.2 Å². The van der Waals surface area contributed by atoms with Gasteiger partial charge >= 0.3 is 0 Å². The van der Waals surface area contributed by atoms with Crippen molar-refractivity contribution in [2.75, 3.05) is 20.3 Å². The zero-order chi connectivity index (χ0) is 22.3. The molecule has 1 heterocycles. The van der Waals surface area contributed by atoms with Gasteiger partial charge < -0.3 is 24.7 Å². The van der Waals surface area contributed by atoms with Crippen LogP contribution >= 0.6 is 0 Å². The zero-order valence-electron chi connectivity index (χ0n) is 18.9. The van der Waals surface area contributed by atoms with Crippen molar-refractivity contribution >= 4 is 11.9 Å². The Morgan fingerprint density at radius 1 is 1.29 bits per heavy atom. The normalized spacial score (nSPS) is 20.5. The Kier molecular flexibility index (Phi) is 8.35. The van der Waals surface area contributed by atoms with Crippen LogP contribution < -0.4 is 15.2 Å². The van der Waals surface area contributed by atoms with Gasteiger partial charge in [-0.05, 0) is 62.6 Å². The van der Waals surface area contributed by atoms with Gasteiger partial charge in [-0.3, -0.25) is 4.79 Å². The molecule has 1 aromatic carbocycles. The van der Waals surface area contributed by atoms with E-state index in [-0.39, 0.29) is 12.0 Å². The molecule has 0 aromatic heterocycles. The van der Waals surface area contributed by atoms with E-state index in [4.69, 9.17) is 9.47 Å². The minimum Gasteiger partial charge on any atom is -0.550 e. The molecule has 2 atom stereocenters. The lowest BCUT2D eigenvalue weighted by Gasteiger charge is -2.39. The van der Waals surface area contributed by atoms with Crippen molar-refractivity contribution in [3.63, 3.8) is 0 Å². The Morgan fingerprint density at radius 2 is 2.06 bits per heavy atom. The van der Waals surface area contributed by atoms with E-state index in [0.717, 1.165) is 57.1 Å². The highest BCUT2D eigenvalue weighted by Crippen LogP contribution is 2.42. The molecular formula is C25H36NO5-. The highest BCUT2D eigenvalue weighted by molar-refractivity contribution is 5.83. The van der Waals surface area contributed by atoms with Crippen molar-refractivity contribution < 1.29 is 24.2 Å². The summed E-state index contributed by atoms with van der Waals surface area (Å²) in [6.07, 6.45) is 8.19. The van der Waals surface area contributed by atoms with Crippen LogP contribution in [0.1, 0.15) is 69.4 Å². The van der Waals surface area contributed by atoms with Crippen LogP contribution in [0.5, 0.6) is 5.75 Å². The molecule has 6 heteroatoms. The number of aryl methyl sites for hydroxylation is 1. The number of amides is 1. The van der Waals surface area contributed by atoms with E-state index >= 15 is 0 Å². The molecule has 2 aliphatic rings. The standard InChI is InChI=1S/C25H37NO5/c1-18-15-21-16-19(8-9-22(21)31-18)7-6-13-26-24(29)25(11-4-3-5-12-25)17-20(23(27)28)10-14-30-2/h8-9,16,18,20H,3-7,10-15,17H2,1-2H3,(H,26,29)(H,27,28)/p-1. The zero-order valence-corrected chi connectivity index (χ0v) is 18.9. The molecule has 3 rings (SSSR count). The molecule has 0 bridgehead atoms. The number of carboxylic acids is 1. The molecule has 1 saturated carbocycles. The van der Waals surface area contributed by atoms with Crippen molar-refractivity contribution in [2.24, 2.45) is 11.3 Å². The van der Waals surface area contributed by atoms with Crippen LogP contribution in [-0.4, -0.2) is 38.2 Å². The Balaban J connectivity index is 1.53. The number of benzene rings is 1. The summed E-state index contributed by atoms with van der Waals surface area (Å²) in [4.78, 5) is 24.8. The van der Waals surface area contributed by atoms with E-state index in [1.165, 1.54) is 11.1 Å². The molecule has 31 heavy (non-hydrogen) atoms. The summed E-state index contributed by atoms with van der Waals surface area (Å²) in [6, 6.07) is 6.36. The predicted octanol–water partition coefficient (Wildman–Crippen LogP) is 2.80. The molecule has 2 unspecified atom stereocenters. The monoisotopic (exact) mass is 430 g/mol. The number of carbonyl (C=O) groups excluding carboxylic acids is 2. The van der Waals surface area contributed by atoms with E-state index in [9.17, 15) is 14.7 Å². The lowest BCUT2D eigenvalue weighted by Crippen LogP contribution is -2.46. The fourth-order valence-electron chi connectivity index (χ4n) is 5.10. The summed E-state index contributed by atoms with van der Waals surface area (Å²) >= 11 is 0. The van der Waals surface area contributed by atoms with Crippen LogP contribution in [0.3, 0.4) is 0 Å². The molecular weight excluding hydrogens is 394 g/mol. The van der Waals surface area contributed by atoms with Gasteiger partial charge in [0.2, 0.25) is 5.91 Å². The summed E-state index contributed by atoms with van der Waals surface area (Å²) < 4.78 is 10.8. The van der Waals surface area contributed by atoms with Gasteiger partial charge in [0.25, 0.3) is 0 Å². The third-order valence-electron chi connectivity index (χ3n) is 6.82. The van der Waals surface area contributed by atoms with Gasteiger partial charge in [0.1, 0.15) is 11.9 Å². The molecule has 1 N–H and O–H groups in total. The van der Waals surface area contributed by atoms with E-state index in [0.29, 0.717) is 26.0 Å². The number of ether oxygens (including phenoxy) is 2. The van der Waals surface area contributed by atoms with Crippen molar-refractivity contribution in [3.05, 3.63) is 29.3 Å². The van der Waals surface area contributed by atoms with Crippen LogP contribution in [0.4, 0.5) is 0 Å². The first kappa shape index (κ1) is 23.6. The average Bonchev–Trinajstić information content (AvgIpc) is 3.13. The van der Waals surface area contributed by atoms with Crippen LogP contribution in [-0.2, 0) is 27.2 Å². The second-order valence-corrected chi connectivity index (χ2v) is 9.28. The highest BCUT2D eigenvalue weighted by atomic mass is 16.5. The fourth-order valence-corrected chi connectivity index (χ4v) is 5.10. The molecule has 0 radical (unpaired) electrons. The Hall–Kier alpha value is -2.08. The number of methoxy groups -OCH3 is 1. The van der Waals surface area contributed by atoms with Crippen LogP contribution in [0, 0.1) is 11.3 Å². The first-order chi connectivity index (χ1) is 14.9. The Labute approximate surface area is 185 Å². The molecule has 1 aliphatic heterocycles. The quantitative estimate of drug-likeness (QED) is 0.546. The van der Waals surface area contributed by atoms with Gasteiger partial charge in [0.15, 0.2) is 0 Å². The molecule has 6 nitrogen and oxygen atoms in total. The lowest BCUT2D eigenvalue weighted by molar-refractivity contribution is -0.312. The van der Waals surface area contributed by atoms with E-state index in [2.05, 4.69) is 24.4 Å². The second-order valence-electron chi connectivity index (χ2n) is 9.28. The van der Waals surface area contributed by atoms with E-state index in [1.54, 1.807) is 7.11 Å². The number of aliphatic carboxylic acids is 1. The summed E-state index contributed by atoms with van der Waals surface area (Å²) in [5, 5.41) is 14.8. The molecule has 172 valence electrons. The average molecular weight is 431 g/mol. The number of nitrogens with one attached hydrogen (secondary N) is 1. The maximum Gasteiger partial charge on any atom is 0.226 e. The SMILES string of the molecule is COCCC(CC1(C(=O)NCCCc2ccc3c(c2)CC(C)O3)CCCCC1)C(=O)[O-]. The highest BCUT2D eigenvalue weighted by Gasteiger charge is 2.41. The van der Waals surface area contributed by atoms with Crippen molar-refractivity contribution in [1.29, 1.82) is 0 Å². The smallest absolute Gasteiger partial charge is 0.226 e. The largest absolute Gasteiger partial charge is 0.550 e. The third kappa shape index (κ3) is 6.22. The summed E-state index contributed by atoms with van der Waals surface area (Å²) in [6.45, 7) is 3.04. The maximum absolute atomic E-state index is 13.2. The molecule has 1 aromatic rings. The molecule has 0 spiro atoms. The lowest BCUT2D eigenvalue weighted by atomic mass is 9.68. The van der Waals surface area contributed by atoms with Gasteiger partial charge in [-0.25, -0.2) is 0 Å². The molecule has 1 aliphatic carbocycles. The number of rotatable bonds is 11. The number of carboxylic acid groups (broad SMARTS) is 1. The van der Waals surface area contributed by atoms with Crippen LogP contribution in [0.25, 0.3) is 0 Å². The molecule has 1 fully saturated rings. The van der Waals surface area contributed by atoms with Crippen LogP contribution in [0.2, 0.25) is 0 Å². The minimum atomic E-state index is -1.08. The van der Waals surface area contributed by atoms with Gasteiger partial charge in [0, 0.05) is 44.0 Å². The maximum atomic E-state index is 13.2. The minimum absolute atomic E-state index is 0.00652. The van der Waals surface area contributed by atoms with Gasteiger partial charge in [-0.15, -0.1) is 0 Å². The van der Waals surface area contributed by atoms with Gasteiger partial charge in [-0.2, -0.15) is 0 Å². The Morgan fingerprint density at radius 3 is 2.77 bits per heavy atom. The van der Waals surface area contributed by atoms with Crippen LogP contribution in [0.15, 0.2) is 18.2 Å². The fraction of sp³-hybridized carbons (Fsp3) is 0.680. The third-order valence-corrected chi connectivity index (χ3v) is 6.82. The predicted molar refractivity (Wildman–Crippen MR) is 117 cm³/mol. The first-order valence-electron chi connectivity index (χ1n) is 11.7. The summed E-state index contributed by atoms with van der Waals surface area (Å²) in [7, 11) is 1.56. The number of hydrogen-bond donors (Lipinski definition) is 1.